The van der Waals surface area contributed by atoms with Gasteiger partial charge in [-0.25, -0.2) is 14.8 Å². The molecule has 0 spiro atoms. The minimum absolute atomic E-state index is 0.0638. The summed E-state index contributed by atoms with van der Waals surface area (Å²) in [5.74, 6) is -0.281. The largest absolute Gasteiger partial charge is 0.507 e. The van der Waals surface area contributed by atoms with E-state index in [2.05, 4.69) is 19.7 Å². The zero-order chi connectivity index (χ0) is 16.6. The van der Waals surface area contributed by atoms with E-state index in [-0.39, 0.29) is 17.2 Å². The van der Waals surface area contributed by atoms with Gasteiger partial charge in [-0.15, -0.1) is 0 Å². The van der Waals surface area contributed by atoms with Gasteiger partial charge >= 0.3 is 6.16 Å². The fraction of sp³-hybridized carbons (Fsp3) is 0.154. The maximum Gasteiger partial charge on any atom is 0.507 e. The zero-order valence-electron chi connectivity index (χ0n) is 11.3. The highest BCUT2D eigenvalue weighted by Gasteiger charge is 2.46. The molecule has 0 radical (unpaired) electrons. The molecule has 2 atom stereocenters. The number of carbonyl (C=O) groups is 2. The summed E-state index contributed by atoms with van der Waals surface area (Å²) in [7, 11) is 0. The van der Waals surface area contributed by atoms with Gasteiger partial charge in [-0.3, -0.25) is 14.7 Å². The summed E-state index contributed by atoms with van der Waals surface area (Å²) < 4.78 is 4.58. The number of ether oxygens (including phenoxy) is 1. The highest BCUT2D eigenvalue weighted by atomic mass is 35.5. The van der Waals surface area contributed by atoms with E-state index in [1.165, 1.54) is 29.6 Å². The van der Waals surface area contributed by atoms with Crippen molar-refractivity contribution in [2.24, 2.45) is 0 Å². The summed E-state index contributed by atoms with van der Waals surface area (Å²) in [6.07, 6.45) is 2.52. The smallest absolute Gasteiger partial charge is 0.450 e. The first-order valence-electron chi connectivity index (χ1n) is 6.28. The number of anilines is 1. The van der Waals surface area contributed by atoms with Crippen LogP contribution in [0.25, 0.3) is 0 Å². The number of halogens is 2. The van der Waals surface area contributed by atoms with Gasteiger partial charge in [0.2, 0.25) is 5.56 Å². The molecule has 2 aromatic rings. The Labute approximate surface area is 139 Å². The minimum atomic E-state index is -1.57. The molecule has 2 aromatic heterocycles. The number of aromatic nitrogens is 3. The summed E-state index contributed by atoms with van der Waals surface area (Å²) in [4.78, 5) is 36.6. The van der Waals surface area contributed by atoms with Crippen LogP contribution in [0.15, 0.2) is 30.7 Å². The average Bonchev–Trinajstić information content (AvgIpc) is 2.81. The van der Waals surface area contributed by atoms with Crippen molar-refractivity contribution in [1.82, 2.24) is 15.0 Å². The first-order chi connectivity index (χ1) is 11.0. The van der Waals surface area contributed by atoms with Gasteiger partial charge in [0.25, 0.3) is 5.91 Å². The van der Waals surface area contributed by atoms with Gasteiger partial charge < -0.3 is 9.84 Å². The van der Waals surface area contributed by atoms with Crippen molar-refractivity contribution < 1.29 is 19.4 Å². The van der Waals surface area contributed by atoms with Gasteiger partial charge in [-0.05, 0) is 12.1 Å². The number of pyridine rings is 1. The summed E-state index contributed by atoms with van der Waals surface area (Å²) in [5.41, 5.74) is -1.10. The Morgan fingerprint density at radius 3 is 2.70 bits per heavy atom. The van der Waals surface area contributed by atoms with Crippen LogP contribution in [0.4, 0.5) is 10.6 Å². The number of fused-ring (bicyclic) bond motifs is 1. The SMILES string of the molecule is O=C(O)OC(Cl)[C@H]1c2nccnc2C(=O)N1c1ccc(Cl)cn1. The number of rotatable bonds is 3. The van der Waals surface area contributed by atoms with Crippen LogP contribution in [0, 0.1) is 0 Å². The molecule has 0 saturated carbocycles. The molecule has 1 aliphatic rings. The highest BCUT2D eigenvalue weighted by molar-refractivity contribution is 6.30. The third-order valence-corrected chi connectivity index (χ3v) is 3.68. The lowest BCUT2D eigenvalue weighted by molar-refractivity contribution is 0.0691. The monoisotopic (exact) mass is 354 g/mol. The fourth-order valence-corrected chi connectivity index (χ4v) is 2.67. The Kier molecular flexibility index (Phi) is 4.01. The van der Waals surface area contributed by atoms with Crippen molar-refractivity contribution in [3.8, 4) is 0 Å². The second-order valence-corrected chi connectivity index (χ2v) is 5.35. The second kappa shape index (κ2) is 5.98. The van der Waals surface area contributed by atoms with Crippen LogP contribution in [-0.4, -0.2) is 37.7 Å². The Morgan fingerprint density at radius 1 is 1.30 bits per heavy atom. The van der Waals surface area contributed by atoms with E-state index >= 15 is 0 Å². The molecular formula is C13H8Cl2N4O4. The Morgan fingerprint density at radius 2 is 2.04 bits per heavy atom. The molecule has 8 nitrogen and oxygen atoms in total. The zero-order valence-corrected chi connectivity index (χ0v) is 12.8. The topological polar surface area (TPSA) is 106 Å². The molecule has 0 saturated heterocycles. The number of alkyl halides is 1. The van der Waals surface area contributed by atoms with Crippen LogP contribution >= 0.6 is 23.2 Å². The normalized spacial score (nSPS) is 17.7. The summed E-state index contributed by atoms with van der Waals surface area (Å²) in [5, 5.41) is 9.16. The molecule has 1 N–H and O–H groups in total. The second-order valence-electron chi connectivity index (χ2n) is 4.48. The number of amides is 1. The lowest BCUT2D eigenvalue weighted by Crippen LogP contribution is -2.35. The van der Waals surface area contributed by atoms with Crippen LogP contribution in [0.3, 0.4) is 0 Å². The number of hydrogen-bond acceptors (Lipinski definition) is 6. The predicted octanol–water partition coefficient (Wildman–Crippen LogP) is 2.49. The van der Waals surface area contributed by atoms with E-state index in [9.17, 15) is 9.59 Å². The minimum Gasteiger partial charge on any atom is -0.450 e. The van der Waals surface area contributed by atoms with Crippen molar-refractivity contribution in [1.29, 1.82) is 0 Å². The number of carboxylic acid groups (broad SMARTS) is 1. The molecule has 0 aliphatic carbocycles. The van der Waals surface area contributed by atoms with Crippen molar-refractivity contribution in [2.45, 2.75) is 11.6 Å². The quantitative estimate of drug-likeness (QED) is 0.666. The highest BCUT2D eigenvalue weighted by Crippen LogP contribution is 2.39. The van der Waals surface area contributed by atoms with Gasteiger partial charge in [0, 0.05) is 18.6 Å². The number of hydrogen-bond donors (Lipinski definition) is 1. The molecular weight excluding hydrogens is 347 g/mol. The lowest BCUT2D eigenvalue weighted by atomic mass is 10.2. The Hall–Kier alpha value is -2.45. The van der Waals surface area contributed by atoms with Gasteiger partial charge in [0.15, 0.2) is 5.69 Å². The third-order valence-electron chi connectivity index (χ3n) is 3.13. The summed E-state index contributed by atoms with van der Waals surface area (Å²) >= 11 is 11.8. The molecule has 0 fully saturated rings. The first kappa shape index (κ1) is 15.4. The fourth-order valence-electron chi connectivity index (χ4n) is 2.25. The summed E-state index contributed by atoms with van der Waals surface area (Å²) in [6, 6.07) is 2.06. The molecule has 3 rings (SSSR count). The van der Waals surface area contributed by atoms with E-state index in [4.69, 9.17) is 28.3 Å². The molecule has 0 bridgehead atoms. The standard InChI is InChI=1S/C13H8Cl2N4O4/c14-6-1-2-7(18-5-6)19-10(11(15)23-13(21)22)8-9(12(19)20)17-4-3-16-8/h1-5,10-11H,(H,21,22)/t10-,11?/m1/s1. The third kappa shape index (κ3) is 2.78. The van der Waals surface area contributed by atoms with E-state index in [1.807, 2.05) is 0 Å². The maximum atomic E-state index is 12.6. The molecule has 10 heteroatoms. The van der Waals surface area contributed by atoms with Crippen LogP contribution in [0.2, 0.25) is 5.02 Å². The average molecular weight is 355 g/mol. The van der Waals surface area contributed by atoms with Gasteiger partial charge in [0.05, 0.1) is 10.7 Å². The van der Waals surface area contributed by atoms with Crippen molar-refractivity contribution >= 4 is 41.1 Å². The van der Waals surface area contributed by atoms with Gasteiger partial charge in [0.1, 0.15) is 11.9 Å². The maximum absolute atomic E-state index is 12.6. The van der Waals surface area contributed by atoms with Crippen molar-refractivity contribution in [2.75, 3.05) is 4.90 Å². The lowest BCUT2D eigenvalue weighted by Gasteiger charge is -2.26. The van der Waals surface area contributed by atoms with E-state index < -0.39 is 23.7 Å². The van der Waals surface area contributed by atoms with Crippen LogP contribution in [0.5, 0.6) is 0 Å². The molecule has 0 aromatic carbocycles. The van der Waals surface area contributed by atoms with Crippen LogP contribution in [0.1, 0.15) is 22.2 Å². The molecule has 1 unspecified atom stereocenters. The number of carbonyl (C=O) groups excluding carboxylic acids is 1. The Balaban J connectivity index is 2.07. The van der Waals surface area contributed by atoms with Crippen LogP contribution in [-0.2, 0) is 4.74 Å². The first-order valence-corrected chi connectivity index (χ1v) is 7.10. The van der Waals surface area contributed by atoms with Crippen LogP contribution < -0.4 is 4.90 Å². The van der Waals surface area contributed by atoms with E-state index in [0.717, 1.165) is 0 Å². The molecule has 23 heavy (non-hydrogen) atoms. The van der Waals surface area contributed by atoms with Crippen molar-refractivity contribution in [3.05, 3.63) is 47.1 Å². The number of nitrogens with zero attached hydrogens (tertiary/aromatic N) is 4. The molecule has 3 heterocycles. The summed E-state index contributed by atoms with van der Waals surface area (Å²) in [6.45, 7) is 0. The van der Waals surface area contributed by atoms with E-state index in [1.54, 1.807) is 6.07 Å². The molecule has 118 valence electrons. The Bertz CT molecular complexity index is 771. The molecule has 1 aliphatic heterocycles. The predicted molar refractivity (Wildman–Crippen MR) is 79.6 cm³/mol. The van der Waals surface area contributed by atoms with Crippen molar-refractivity contribution in [3.63, 3.8) is 0 Å². The van der Waals surface area contributed by atoms with Gasteiger partial charge in [-0.1, -0.05) is 23.2 Å². The van der Waals surface area contributed by atoms with E-state index in [0.29, 0.717) is 5.02 Å². The molecule has 1 amide bonds. The van der Waals surface area contributed by atoms with Gasteiger partial charge in [-0.2, -0.15) is 0 Å².